The zero-order chi connectivity index (χ0) is 22.2. The van der Waals surface area contributed by atoms with Crippen molar-refractivity contribution in [2.24, 2.45) is 0 Å². The highest BCUT2D eigenvalue weighted by molar-refractivity contribution is 7.82. The molecule has 0 bridgehead atoms. The molecule has 31 heavy (non-hydrogen) atoms. The summed E-state index contributed by atoms with van der Waals surface area (Å²) in [6.45, 7) is 1.66. The first kappa shape index (κ1) is 21.1. The number of nitrogens with zero attached hydrogens (tertiary/aromatic N) is 5. The lowest BCUT2D eigenvalue weighted by Crippen LogP contribution is -2.47. The molecule has 0 spiro atoms. The Kier molecular flexibility index (Phi) is 5.58. The Morgan fingerprint density at radius 3 is 2.32 bits per heavy atom. The Bertz CT molecular complexity index is 1150. The van der Waals surface area contributed by atoms with E-state index in [4.69, 9.17) is 0 Å². The third-order valence-electron chi connectivity index (χ3n) is 4.85. The van der Waals surface area contributed by atoms with Crippen LogP contribution >= 0.6 is 0 Å². The molecule has 0 radical (unpaired) electrons. The van der Waals surface area contributed by atoms with Crippen LogP contribution in [0.5, 0.6) is 0 Å². The topological polar surface area (TPSA) is 99.5 Å². The average Bonchev–Trinajstić information content (AvgIpc) is 2.77. The Morgan fingerprint density at radius 1 is 1.03 bits per heavy atom. The van der Waals surface area contributed by atoms with Gasteiger partial charge in [-0.05, 0) is 24.3 Å². The molecule has 1 unspecified atom stereocenters. The number of aromatic nitrogens is 3. The van der Waals surface area contributed by atoms with Crippen LogP contribution < -0.4 is 4.90 Å². The van der Waals surface area contributed by atoms with Crippen molar-refractivity contribution in [2.45, 2.75) is 11.1 Å². The van der Waals surface area contributed by atoms with Gasteiger partial charge in [0.05, 0.1) is 22.9 Å². The van der Waals surface area contributed by atoms with E-state index in [1.807, 2.05) is 4.90 Å². The summed E-state index contributed by atoms with van der Waals surface area (Å²) in [5, 5.41) is 9.33. The number of carbonyl (C=O) groups is 1. The summed E-state index contributed by atoms with van der Waals surface area (Å²) >= 11 is 0. The number of aromatic carboxylic acids is 1. The highest BCUT2D eigenvalue weighted by Gasteiger charge is 2.31. The number of halogens is 3. The summed E-state index contributed by atoms with van der Waals surface area (Å²) < 4.78 is 52.5. The number of anilines is 1. The van der Waals surface area contributed by atoms with Crippen LogP contribution in [0, 0.1) is 0 Å². The standard InChI is InChI=1S/C19H16F3N5O3S/c20-19(21,22)12-1-3-13(4-2-12)31(30)27-7-5-26(6-8-27)16-11-24-15-10-23-9-14(18(28)29)17(15)25-16/h1-4,9-11H,5-8H2,(H,28,29). The summed E-state index contributed by atoms with van der Waals surface area (Å²) in [5.41, 5.74) is -0.237. The molecule has 1 aliphatic heterocycles. The number of carboxylic acid groups (broad SMARTS) is 1. The summed E-state index contributed by atoms with van der Waals surface area (Å²) in [5.74, 6) is -0.664. The van der Waals surface area contributed by atoms with E-state index < -0.39 is 28.7 Å². The predicted molar refractivity (Wildman–Crippen MR) is 106 cm³/mol. The highest BCUT2D eigenvalue weighted by atomic mass is 32.2. The fraction of sp³-hybridized carbons (Fsp3) is 0.263. The van der Waals surface area contributed by atoms with Gasteiger partial charge in [0.15, 0.2) is 0 Å². The molecule has 1 aliphatic rings. The second kappa shape index (κ2) is 8.19. The van der Waals surface area contributed by atoms with Crippen LogP contribution in [-0.2, 0) is 17.2 Å². The maximum absolute atomic E-state index is 12.7. The number of fused-ring (bicyclic) bond motifs is 1. The van der Waals surface area contributed by atoms with E-state index in [9.17, 15) is 27.3 Å². The molecule has 12 heteroatoms. The van der Waals surface area contributed by atoms with Crippen LogP contribution in [-0.4, -0.2) is 60.7 Å². The number of hydrogen-bond acceptors (Lipinski definition) is 6. The van der Waals surface area contributed by atoms with Gasteiger partial charge in [-0.1, -0.05) is 0 Å². The Morgan fingerprint density at radius 2 is 1.71 bits per heavy atom. The van der Waals surface area contributed by atoms with E-state index in [0.29, 0.717) is 42.4 Å². The first-order valence-electron chi connectivity index (χ1n) is 9.17. The molecular weight excluding hydrogens is 435 g/mol. The van der Waals surface area contributed by atoms with Crippen LogP contribution in [0.2, 0.25) is 0 Å². The zero-order valence-electron chi connectivity index (χ0n) is 15.9. The molecule has 4 rings (SSSR count). The molecule has 0 amide bonds. The third-order valence-corrected chi connectivity index (χ3v) is 6.36. The third kappa shape index (κ3) is 4.35. The predicted octanol–water partition coefficient (Wildman–Crippen LogP) is 2.59. The molecule has 3 heterocycles. The first-order chi connectivity index (χ1) is 14.7. The SMILES string of the molecule is O=C(O)c1cncc2ncc(N3CCN(S(=O)c4ccc(C(F)(F)F)cc4)CC3)nc12. The van der Waals surface area contributed by atoms with Gasteiger partial charge in [-0.25, -0.2) is 23.3 Å². The van der Waals surface area contributed by atoms with Gasteiger partial charge in [-0.15, -0.1) is 0 Å². The molecule has 1 N–H and O–H groups in total. The monoisotopic (exact) mass is 451 g/mol. The smallest absolute Gasteiger partial charge is 0.416 e. The van der Waals surface area contributed by atoms with E-state index in [1.165, 1.54) is 30.7 Å². The van der Waals surface area contributed by atoms with Crippen LogP contribution in [0.25, 0.3) is 11.0 Å². The lowest BCUT2D eigenvalue weighted by atomic mass is 10.2. The molecule has 1 aromatic carbocycles. The Hall–Kier alpha value is -3.12. The normalized spacial score (nSPS) is 16.4. The zero-order valence-corrected chi connectivity index (χ0v) is 16.7. The molecule has 1 fully saturated rings. The molecule has 0 aliphatic carbocycles. The van der Waals surface area contributed by atoms with Crippen molar-refractivity contribution < 1.29 is 27.3 Å². The van der Waals surface area contributed by atoms with Crippen LogP contribution in [0.4, 0.5) is 19.0 Å². The number of alkyl halides is 3. The van der Waals surface area contributed by atoms with E-state index in [0.717, 1.165) is 12.1 Å². The number of carboxylic acids is 1. The minimum absolute atomic E-state index is 0.0473. The molecule has 1 atom stereocenters. The lowest BCUT2D eigenvalue weighted by molar-refractivity contribution is -0.137. The molecule has 3 aromatic rings. The average molecular weight is 451 g/mol. The molecule has 1 saturated heterocycles. The molecule has 0 saturated carbocycles. The summed E-state index contributed by atoms with van der Waals surface area (Å²) in [6, 6.07) is 4.29. The first-order valence-corrected chi connectivity index (χ1v) is 10.3. The van der Waals surface area contributed by atoms with Gasteiger partial charge >= 0.3 is 12.1 Å². The fourth-order valence-corrected chi connectivity index (χ4v) is 4.39. The maximum Gasteiger partial charge on any atom is 0.416 e. The summed E-state index contributed by atoms with van der Waals surface area (Å²) in [6.07, 6.45) is -0.265. The maximum atomic E-state index is 12.7. The Balaban J connectivity index is 1.47. The van der Waals surface area contributed by atoms with E-state index >= 15 is 0 Å². The van der Waals surface area contributed by atoms with Gasteiger partial charge in [-0.2, -0.15) is 13.2 Å². The van der Waals surface area contributed by atoms with Crippen molar-refractivity contribution in [3.8, 4) is 0 Å². The Labute approximate surface area is 176 Å². The second-order valence-electron chi connectivity index (χ2n) is 6.78. The fourth-order valence-electron chi connectivity index (χ4n) is 3.23. The number of piperazine rings is 1. The van der Waals surface area contributed by atoms with Gasteiger partial charge in [-0.3, -0.25) is 4.98 Å². The minimum atomic E-state index is -4.44. The molecule has 2 aromatic heterocycles. The summed E-state index contributed by atoms with van der Waals surface area (Å²) in [7, 11) is -1.59. The largest absolute Gasteiger partial charge is 0.478 e. The van der Waals surface area contributed by atoms with Crippen molar-refractivity contribution in [2.75, 3.05) is 31.1 Å². The highest BCUT2D eigenvalue weighted by Crippen LogP contribution is 2.30. The van der Waals surface area contributed by atoms with Crippen molar-refractivity contribution in [3.63, 3.8) is 0 Å². The van der Waals surface area contributed by atoms with Crippen LogP contribution in [0.15, 0.2) is 47.8 Å². The number of pyridine rings is 1. The minimum Gasteiger partial charge on any atom is -0.478 e. The number of benzene rings is 1. The van der Waals surface area contributed by atoms with Crippen LogP contribution in [0.3, 0.4) is 0 Å². The van der Waals surface area contributed by atoms with Gasteiger partial charge in [0.2, 0.25) is 0 Å². The quantitative estimate of drug-likeness (QED) is 0.651. The van der Waals surface area contributed by atoms with E-state index in [2.05, 4.69) is 15.0 Å². The second-order valence-corrected chi connectivity index (χ2v) is 8.26. The van der Waals surface area contributed by atoms with Gasteiger partial charge < -0.3 is 10.0 Å². The number of hydrogen-bond donors (Lipinski definition) is 1. The number of rotatable bonds is 4. The van der Waals surface area contributed by atoms with Gasteiger partial charge in [0.25, 0.3) is 0 Å². The lowest BCUT2D eigenvalue weighted by Gasteiger charge is -2.34. The van der Waals surface area contributed by atoms with Crippen molar-refractivity contribution in [3.05, 3.63) is 54.0 Å². The van der Waals surface area contributed by atoms with Crippen molar-refractivity contribution in [1.29, 1.82) is 0 Å². The van der Waals surface area contributed by atoms with Crippen molar-refractivity contribution in [1.82, 2.24) is 19.3 Å². The molecule has 8 nitrogen and oxygen atoms in total. The van der Waals surface area contributed by atoms with Crippen LogP contribution in [0.1, 0.15) is 15.9 Å². The van der Waals surface area contributed by atoms with Gasteiger partial charge in [0, 0.05) is 32.4 Å². The summed E-state index contributed by atoms with van der Waals surface area (Å²) in [4.78, 5) is 26.1. The molecule has 162 valence electrons. The molecular formula is C19H16F3N5O3S. The van der Waals surface area contributed by atoms with Gasteiger partial charge in [0.1, 0.15) is 33.4 Å². The van der Waals surface area contributed by atoms with E-state index in [1.54, 1.807) is 4.31 Å². The van der Waals surface area contributed by atoms with E-state index in [-0.39, 0.29) is 11.1 Å². The van der Waals surface area contributed by atoms with Crippen molar-refractivity contribution >= 4 is 33.8 Å².